The fraction of sp³-hybridized carbons (Fsp3) is 0.940. The van der Waals surface area contributed by atoms with E-state index in [0.717, 1.165) is 206 Å². The van der Waals surface area contributed by atoms with Gasteiger partial charge in [0.15, 0.2) is 0 Å². The van der Waals surface area contributed by atoms with E-state index in [-0.39, 0.29) is 99.5 Å². The molecule has 2 N–H and O–H groups in total. The first-order chi connectivity index (χ1) is 57.7. The third kappa shape index (κ3) is 78.6. The lowest BCUT2D eigenvalue weighted by Crippen LogP contribution is -2.40. The maximum Gasteiger partial charge on any atom is 0.307 e. The molecule has 0 aliphatic carbocycles. The van der Waals surface area contributed by atoms with Gasteiger partial charge in [0.25, 0.3) is 0 Å². The van der Waals surface area contributed by atoms with Gasteiger partial charge in [-0.05, 0) is 180 Å². The highest BCUT2D eigenvalue weighted by molar-refractivity contribution is 5.71. The lowest BCUT2D eigenvalue weighted by molar-refractivity contribution is -0.151. The standard InChI is InChI=1S/C100H194N4O14/c1-9-17-25-33-37-49-65-91(61-45-29-21-13-5)115-97(109)69-53-41-57-75-101(76-58-42-54-70-98(110)116-92(62-46-30-22-14-6)66-50-38-34-26-18-10-2)85-89-113-95(107)73-79-103(83-87-105)81-82-104(84-88-106)80-74-96(108)114-90-86-102(77-59-43-55-71-99(111)117-93(63-47-31-23-15-7)67-51-39-35-27-19-11-3)78-60-44-56-72-100(112)118-94(64-48-32-24-16-8)68-52-40-36-28-20-12-4/h91-94,105-106H,9-90H2,1-8H3. The average Bonchev–Trinajstić information content (AvgIpc) is 0.915. The summed E-state index contributed by atoms with van der Waals surface area (Å²) >= 11 is 0. The van der Waals surface area contributed by atoms with Gasteiger partial charge in [0.2, 0.25) is 0 Å². The largest absolute Gasteiger partial charge is 0.464 e. The zero-order chi connectivity index (χ0) is 86.3. The Kier molecular flexibility index (Phi) is 87.2. The third-order valence-corrected chi connectivity index (χ3v) is 23.8. The molecule has 0 rings (SSSR count). The van der Waals surface area contributed by atoms with E-state index in [1.54, 1.807) is 0 Å². The summed E-state index contributed by atoms with van der Waals surface area (Å²) in [6.07, 6.45) is 68.0. The van der Waals surface area contributed by atoms with Gasteiger partial charge in [-0.3, -0.25) is 48.4 Å². The van der Waals surface area contributed by atoms with Crippen molar-refractivity contribution in [3.05, 3.63) is 0 Å². The van der Waals surface area contributed by atoms with Crippen LogP contribution in [0.25, 0.3) is 0 Å². The number of nitrogens with zero attached hydrogens (tertiary/aromatic N) is 4. The van der Waals surface area contributed by atoms with Crippen LogP contribution in [0, 0.1) is 0 Å². The molecule has 0 aliphatic heterocycles. The molecule has 0 radical (unpaired) electrons. The summed E-state index contributed by atoms with van der Waals surface area (Å²) < 4.78 is 36.3. The Bertz CT molecular complexity index is 1940. The molecule has 18 heteroatoms. The van der Waals surface area contributed by atoms with Crippen LogP contribution < -0.4 is 0 Å². The molecule has 0 fully saturated rings. The van der Waals surface area contributed by atoms with Gasteiger partial charge < -0.3 is 38.6 Å². The van der Waals surface area contributed by atoms with Crippen molar-refractivity contribution in [3.8, 4) is 0 Å². The minimum absolute atomic E-state index is 0.00773. The molecule has 0 amide bonds. The van der Waals surface area contributed by atoms with Crippen molar-refractivity contribution in [1.82, 2.24) is 19.6 Å². The van der Waals surface area contributed by atoms with Gasteiger partial charge in [0.05, 0.1) is 26.1 Å². The zero-order valence-corrected chi connectivity index (χ0v) is 78.9. The molecule has 0 spiro atoms. The molecule has 0 saturated heterocycles. The number of aliphatic hydroxyl groups is 2. The molecule has 0 heterocycles. The highest BCUT2D eigenvalue weighted by Crippen LogP contribution is 2.24. The van der Waals surface area contributed by atoms with Gasteiger partial charge in [-0.1, -0.05) is 287 Å². The number of carbonyl (C=O) groups excluding carboxylic acids is 6. The molecular weight excluding hydrogens is 1480 g/mol. The maximum absolute atomic E-state index is 13.4. The predicted molar refractivity (Wildman–Crippen MR) is 491 cm³/mol. The monoisotopic (exact) mass is 1680 g/mol. The van der Waals surface area contributed by atoms with Crippen molar-refractivity contribution in [2.45, 2.75) is 504 Å². The summed E-state index contributed by atoms with van der Waals surface area (Å²) in [4.78, 5) is 88.6. The van der Waals surface area contributed by atoms with Gasteiger partial charge in [-0.2, -0.15) is 0 Å². The van der Waals surface area contributed by atoms with Crippen LogP contribution in [-0.4, -0.2) is 195 Å². The molecule has 0 aliphatic rings. The van der Waals surface area contributed by atoms with Crippen molar-refractivity contribution < 1.29 is 67.4 Å². The van der Waals surface area contributed by atoms with Crippen LogP contribution in [0.4, 0.5) is 0 Å². The molecule has 4 atom stereocenters. The van der Waals surface area contributed by atoms with Crippen LogP contribution >= 0.6 is 0 Å². The summed E-state index contributed by atoms with van der Waals surface area (Å²) in [7, 11) is 0. The Morgan fingerprint density at radius 3 is 0.593 bits per heavy atom. The van der Waals surface area contributed by atoms with Crippen molar-refractivity contribution in [2.75, 3.05) is 105 Å². The summed E-state index contributed by atoms with van der Waals surface area (Å²) in [5, 5.41) is 20.3. The Morgan fingerprint density at radius 2 is 0.381 bits per heavy atom. The van der Waals surface area contributed by atoms with Gasteiger partial charge in [0.1, 0.15) is 37.6 Å². The van der Waals surface area contributed by atoms with Crippen LogP contribution in [0.2, 0.25) is 0 Å². The average molecular weight is 1680 g/mol. The highest BCUT2D eigenvalue weighted by atomic mass is 16.6. The fourth-order valence-electron chi connectivity index (χ4n) is 16.1. The molecule has 4 unspecified atom stereocenters. The summed E-state index contributed by atoms with van der Waals surface area (Å²) in [5.74, 6) is -0.945. The van der Waals surface area contributed by atoms with Crippen LogP contribution in [0.1, 0.15) is 479 Å². The number of unbranched alkanes of at least 4 members (excludes halogenated alkanes) is 40. The Morgan fingerprint density at radius 1 is 0.195 bits per heavy atom. The second-order valence-corrected chi connectivity index (χ2v) is 35.1. The first-order valence-corrected chi connectivity index (χ1v) is 50.9. The minimum atomic E-state index is -0.311. The smallest absolute Gasteiger partial charge is 0.307 e. The van der Waals surface area contributed by atoms with Crippen LogP contribution in [0.15, 0.2) is 0 Å². The quantitative estimate of drug-likeness (QED) is 0.0329. The summed E-state index contributed by atoms with van der Waals surface area (Å²) in [6.45, 7) is 25.1. The minimum Gasteiger partial charge on any atom is -0.464 e. The van der Waals surface area contributed by atoms with E-state index in [9.17, 15) is 39.0 Å². The first-order valence-electron chi connectivity index (χ1n) is 50.9. The van der Waals surface area contributed by atoms with Gasteiger partial charge in [0, 0.05) is 78.0 Å². The van der Waals surface area contributed by atoms with Crippen LogP contribution in [-0.2, 0) is 57.2 Å². The van der Waals surface area contributed by atoms with E-state index < -0.39 is 0 Å². The number of aliphatic hydroxyl groups excluding tert-OH is 2. The van der Waals surface area contributed by atoms with Gasteiger partial charge >= 0.3 is 35.8 Å². The van der Waals surface area contributed by atoms with Gasteiger partial charge in [-0.15, -0.1) is 0 Å². The van der Waals surface area contributed by atoms with Crippen LogP contribution in [0.3, 0.4) is 0 Å². The van der Waals surface area contributed by atoms with Crippen molar-refractivity contribution in [1.29, 1.82) is 0 Å². The van der Waals surface area contributed by atoms with E-state index >= 15 is 0 Å². The van der Waals surface area contributed by atoms with E-state index in [0.29, 0.717) is 78.0 Å². The first kappa shape index (κ1) is 115. The lowest BCUT2D eigenvalue weighted by Gasteiger charge is -2.27. The Labute approximate surface area is 727 Å². The van der Waals surface area contributed by atoms with E-state index in [4.69, 9.17) is 28.4 Å². The van der Waals surface area contributed by atoms with Gasteiger partial charge in [-0.25, -0.2) is 0 Å². The topological polar surface area (TPSA) is 211 Å². The van der Waals surface area contributed by atoms with Crippen molar-refractivity contribution in [2.24, 2.45) is 0 Å². The zero-order valence-electron chi connectivity index (χ0n) is 78.9. The van der Waals surface area contributed by atoms with E-state index in [1.807, 2.05) is 9.80 Å². The number of carbonyl (C=O) groups is 6. The lowest BCUT2D eigenvalue weighted by atomic mass is 10.0. The molecule has 0 aromatic heterocycles. The number of hydrogen-bond donors (Lipinski definition) is 2. The predicted octanol–water partition coefficient (Wildman–Crippen LogP) is 24.8. The molecular formula is C100H194N4O14. The fourth-order valence-corrected chi connectivity index (χ4v) is 16.1. The highest BCUT2D eigenvalue weighted by Gasteiger charge is 2.22. The molecule has 118 heavy (non-hydrogen) atoms. The van der Waals surface area contributed by atoms with E-state index in [2.05, 4.69) is 65.2 Å². The molecule has 0 bridgehead atoms. The molecule has 698 valence electrons. The van der Waals surface area contributed by atoms with Crippen molar-refractivity contribution in [3.63, 3.8) is 0 Å². The second kappa shape index (κ2) is 89.8. The number of hydrogen-bond acceptors (Lipinski definition) is 18. The maximum atomic E-state index is 13.4. The number of rotatable bonds is 95. The second-order valence-electron chi connectivity index (χ2n) is 35.1. The molecule has 0 saturated carbocycles. The summed E-state index contributed by atoms with van der Waals surface area (Å²) in [6, 6.07) is 0. The number of esters is 6. The van der Waals surface area contributed by atoms with Crippen molar-refractivity contribution >= 4 is 35.8 Å². The SMILES string of the molecule is CCCCCCCCC(CCCCCC)OC(=O)CCCCCN(CCCCCC(=O)OC(CCCCCC)CCCCCCCC)CCOC(=O)CCN(CCO)CCN(CCO)CCC(=O)OCCN(CCCCCC(=O)OC(CCCCCC)CCCCCCCC)CCCCCC(=O)OC(CCCCCC)CCCCCCCC. The Hall–Kier alpha value is -3.42. The van der Waals surface area contributed by atoms with Crippen LogP contribution in [0.5, 0.6) is 0 Å². The third-order valence-electron chi connectivity index (χ3n) is 23.8. The Balaban J connectivity index is 5.84. The molecule has 18 nitrogen and oxygen atoms in total. The molecule has 0 aromatic rings. The molecule has 0 aromatic carbocycles. The van der Waals surface area contributed by atoms with E-state index in [1.165, 1.54) is 205 Å². The number of ether oxygens (including phenoxy) is 6. The normalized spacial score (nSPS) is 12.8. The summed E-state index contributed by atoms with van der Waals surface area (Å²) in [5.41, 5.74) is 0.